The van der Waals surface area contributed by atoms with Gasteiger partial charge in [0.05, 0.1) is 16.7 Å². The monoisotopic (exact) mass is 585 g/mol. The van der Waals surface area contributed by atoms with Crippen LogP contribution < -0.4 is 10.6 Å². The lowest BCUT2D eigenvalue weighted by molar-refractivity contribution is -0.133. The highest BCUT2D eigenvalue weighted by molar-refractivity contribution is 9.10. The lowest BCUT2D eigenvalue weighted by Crippen LogP contribution is -2.61. The molecule has 1 aliphatic carbocycles. The van der Waals surface area contributed by atoms with Gasteiger partial charge in [0.15, 0.2) is 0 Å². The first kappa shape index (κ1) is 27.1. The minimum absolute atomic E-state index is 0.0310. The Hall–Kier alpha value is -2.98. The second kappa shape index (κ2) is 12.5. The maximum absolute atomic E-state index is 12.2. The quantitative estimate of drug-likeness (QED) is 0.240. The number of carbonyl (C=O) groups is 3. The van der Waals surface area contributed by atoms with Crippen LogP contribution in [0.4, 0.5) is 0 Å². The summed E-state index contributed by atoms with van der Waals surface area (Å²) in [5.41, 5.74) is 3.49. The fourth-order valence-corrected chi connectivity index (χ4v) is 6.15. The van der Waals surface area contributed by atoms with Crippen molar-refractivity contribution in [2.24, 2.45) is 0 Å². The van der Waals surface area contributed by atoms with Crippen molar-refractivity contribution in [1.29, 1.82) is 0 Å². The van der Waals surface area contributed by atoms with Crippen LogP contribution in [0.2, 0.25) is 0 Å². The van der Waals surface area contributed by atoms with Gasteiger partial charge < -0.3 is 20.1 Å². The van der Waals surface area contributed by atoms with Crippen LogP contribution in [0.3, 0.4) is 0 Å². The van der Waals surface area contributed by atoms with E-state index in [4.69, 9.17) is 0 Å². The largest absolute Gasteiger partial charge is 0.358 e. The summed E-state index contributed by atoms with van der Waals surface area (Å²) in [5, 5.41) is 7.94. The highest BCUT2D eigenvalue weighted by Crippen LogP contribution is 2.27. The SMILES string of the molecule is C=CC(=O)N1CC(NC(=O)Cn2cc(C)c3cc(Br)ccc32)C1.O=CNCCc1nc2c(s1)CCCC2. The summed E-state index contributed by atoms with van der Waals surface area (Å²) in [7, 11) is 0. The predicted octanol–water partition coefficient (Wildman–Crippen LogP) is 3.54. The summed E-state index contributed by atoms with van der Waals surface area (Å²) >= 11 is 5.29. The van der Waals surface area contributed by atoms with Crippen molar-refractivity contribution in [1.82, 2.24) is 25.1 Å². The fraction of sp³-hybridized carbons (Fsp3) is 0.407. The van der Waals surface area contributed by atoms with Crippen LogP contribution in [0.1, 0.15) is 34.0 Å². The summed E-state index contributed by atoms with van der Waals surface area (Å²) in [6.45, 7) is 7.57. The summed E-state index contributed by atoms with van der Waals surface area (Å²) < 4.78 is 2.98. The van der Waals surface area contributed by atoms with Crippen molar-refractivity contribution in [3.8, 4) is 0 Å². The van der Waals surface area contributed by atoms with Gasteiger partial charge in [-0.15, -0.1) is 11.3 Å². The van der Waals surface area contributed by atoms with Crippen molar-refractivity contribution < 1.29 is 14.4 Å². The van der Waals surface area contributed by atoms with E-state index >= 15 is 0 Å². The molecule has 2 aromatic heterocycles. The summed E-state index contributed by atoms with van der Waals surface area (Å²) in [5.74, 6) is -0.131. The van der Waals surface area contributed by atoms with E-state index < -0.39 is 0 Å². The van der Waals surface area contributed by atoms with Crippen molar-refractivity contribution >= 4 is 56.4 Å². The number of amides is 3. The number of benzene rings is 1. The smallest absolute Gasteiger partial charge is 0.246 e. The molecule has 0 spiro atoms. The Labute approximate surface area is 229 Å². The number of hydrogen-bond acceptors (Lipinski definition) is 5. The number of aromatic nitrogens is 2. The molecule has 0 saturated carbocycles. The van der Waals surface area contributed by atoms with Gasteiger partial charge in [0, 0.05) is 52.5 Å². The molecular formula is C27H32BrN5O3S. The Bertz CT molecular complexity index is 1270. The van der Waals surface area contributed by atoms with Crippen LogP contribution in [-0.4, -0.2) is 58.4 Å². The van der Waals surface area contributed by atoms with Crippen molar-refractivity contribution in [2.75, 3.05) is 19.6 Å². The first-order valence-corrected chi connectivity index (χ1v) is 14.1. The van der Waals surface area contributed by atoms with E-state index in [9.17, 15) is 14.4 Å². The molecule has 0 atom stereocenters. The van der Waals surface area contributed by atoms with Gasteiger partial charge in [0.2, 0.25) is 18.2 Å². The molecule has 5 rings (SSSR count). The first-order valence-electron chi connectivity index (χ1n) is 12.5. The number of likely N-dealkylation sites (tertiary alicyclic amines) is 1. The maximum atomic E-state index is 12.2. The van der Waals surface area contributed by atoms with E-state index in [1.165, 1.54) is 40.9 Å². The standard InChI is InChI=1S/C17H18BrN3O2.C10H14N2OS/c1-3-17(23)21-8-13(9-21)19-16(22)10-20-7-11(2)14-6-12(18)4-5-15(14)20;13-7-11-6-5-10-12-8-3-1-2-4-9(8)14-10/h3-7,13H,1,8-10H2,2H3,(H,19,22);7H,1-6H2,(H,11,13). The Kier molecular flexibility index (Phi) is 9.15. The minimum Gasteiger partial charge on any atom is -0.358 e. The van der Waals surface area contributed by atoms with Gasteiger partial charge in [0.1, 0.15) is 6.54 Å². The number of carbonyl (C=O) groups excluding carboxylic acids is 3. The van der Waals surface area contributed by atoms with Crippen LogP contribution in [0, 0.1) is 6.92 Å². The molecule has 10 heteroatoms. The van der Waals surface area contributed by atoms with Crippen LogP contribution >= 0.6 is 27.3 Å². The Balaban J connectivity index is 0.000000195. The van der Waals surface area contributed by atoms with Crippen LogP contribution in [0.5, 0.6) is 0 Å². The van der Waals surface area contributed by atoms with E-state index in [1.807, 2.05) is 41.2 Å². The zero-order chi connectivity index (χ0) is 26.4. The number of rotatable bonds is 8. The lowest BCUT2D eigenvalue weighted by Gasteiger charge is -2.38. The number of halogens is 1. The van der Waals surface area contributed by atoms with Crippen LogP contribution in [0.25, 0.3) is 10.9 Å². The van der Waals surface area contributed by atoms with Crippen LogP contribution in [0.15, 0.2) is 41.5 Å². The number of nitrogens with one attached hydrogen (secondary N) is 2. The third kappa shape index (κ3) is 6.87. The average molecular weight is 587 g/mol. The number of hydrogen-bond donors (Lipinski definition) is 2. The molecule has 37 heavy (non-hydrogen) atoms. The van der Waals surface area contributed by atoms with Gasteiger partial charge in [-0.1, -0.05) is 22.5 Å². The predicted molar refractivity (Wildman–Crippen MR) is 150 cm³/mol. The highest BCUT2D eigenvalue weighted by Gasteiger charge is 2.30. The maximum Gasteiger partial charge on any atom is 0.246 e. The number of fused-ring (bicyclic) bond motifs is 2. The Morgan fingerprint density at radius 1 is 1.27 bits per heavy atom. The summed E-state index contributed by atoms with van der Waals surface area (Å²) in [4.78, 5) is 41.4. The zero-order valence-electron chi connectivity index (χ0n) is 21.0. The van der Waals surface area contributed by atoms with Gasteiger partial charge in [-0.25, -0.2) is 4.98 Å². The molecule has 196 valence electrons. The molecule has 0 bridgehead atoms. The summed E-state index contributed by atoms with van der Waals surface area (Å²) in [6.07, 6.45) is 9.84. The van der Waals surface area contributed by atoms with Crippen molar-refractivity contribution in [2.45, 2.75) is 51.6 Å². The first-order chi connectivity index (χ1) is 17.9. The molecule has 2 N–H and O–H groups in total. The zero-order valence-corrected chi connectivity index (χ0v) is 23.4. The molecule has 3 amide bonds. The molecular weight excluding hydrogens is 554 g/mol. The molecule has 2 aliphatic rings. The molecule has 1 fully saturated rings. The molecule has 1 aliphatic heterocycles. The van der Waals surface area contributed by atoms with Gasteiger partial charge in [0.25, 0.3) is 0 Å². The third-order valence-corrected chi connectivity index (χ3v) is 8.26. The molecule has 0 unspecified atom stereocenters. The van der Waals surface area contributed by atoms with Crippen molar-refractivity contribution in [3.05, 3.63) is 62.7 Å². The van der Waals surface area contributed by atoms with Gasteiger partial charge in [-0.3, -0.25) is 14.4 Å². The van der Waals surface area contributed by atoms with Crippen molar-refractivity contribution in [3.63, 3.8) is 0 Å². The molecule has 3 heterocycles. The Morgan fingerprint density at radius 2 is 2.05 bits per heavy atom. The minimum atomic E-state index is -0.0897. The van der Waals surface area contributed by atoms with E-state index in [0.717, 1.165) is 40.2 Å². The molecule has 1 aromatic carbocycles. The van der Waals surface area contributed by atoms with Gasteiger partial charge in [-0.05, 0) is 62.4 Å². The third-order valence-electron chi connectivity index (χ3n) is 6.55. The topological polar surface area (TPSA) is 96.3 Å². The van der Waals surface area contributed by atoms with E-state index in [1.54, 1.807) is 4.90 Å². The molecule has 1 saturated heterocycles. The normalized spacial score (nSPS) is 14.7. The number of thiazole rings is 1. The highest BCUT2D eigenvalue weighted by atomic mass is 79.9. The number of aryl methyl sites for hydroxylation is 3. The summed E-state index contributed by atoms with van der Waals surface area (Å²) in [6, 6.07) is 6.07. The second-order valence-electron chi connectivity index (χ2n) is 9.32. The average Bonchev–Trinajstić information content (AvgIpc) is 3.41. The van der Waals surface area contributed by atoms with E-state index in [-0.39, 0.29) is 24.4 Å². The number of nitrogens with zero attached hydrogens (tertiary/aromatic N) is 3. The van der Waals surface area contributed by atoms with E-state index in [0.29, 0.717) is 19.6 Å². The lowest BCUT2D eigenvalue weighted by atomic mass is 10.0. The molecule has 3 aromatic rings. The molecule has 0 radical (unpaired) electrons. The second-order valence-corrected chi connectivity index (χ2v) is 11.4. The van der Waals surface area contributed by atoms with Gasteiger partial charge in [-0.2, -0.15) is 0 Å². The Morgan fingerprint density at radius 3 is 2.78 bits per heavy atom. The van der Waals surface area contributed by atoms with Crippen LogP contribution in [-0.2, 0) is 40.2 Å². The van der Waals surface area contributed by atoms with E-state index in [2.05, 4.69) is 44.2 Å². The van der Waals surface area contributed by atoms with Gasteiger partial charge >= 0.3 is 0 Å². The molecule has 8 nitrogen and oxygen atoms in total. The fourth-order valence-electron chi connectivity index (χ4n) is 4.64.